The monoisotopic (exact) mass is 341 g/mol. The molecule has 2 amide bonds. The summed E-state index contributed by atoms with van der Waals surface area (Å²) in [6.07, 6.45) is 6.79. The van der Waals surface area contributed by atoms with Crippen molar-refractivity contribution < 1.29 is 14.7 Å². The standard InChI is InChI=1S/C17H19N5O3/c18-15(24)9-22-16(6-3-12-8-19-10-20-12)21-14(17(22)25)7-11-1-4-13(23)5-2-11/h1-6,8,10,14,16,21,23H,7,9H2,(H2,18,24)(H,19,20)/b6-3+. The van der Waals surface area contributed by atoms with Crippen LogP contribution in [-0.2, 0) is 16.0 Å². The number of nitrogens with two attached hydrogens (primary N) is 1. The van der Waals surface area contributed by atoms with Gasteiger partial charge in [-0.25, -0.2) is 4.98 Å². The summed E-state index contributed by atoms with van der Waals surface area (Å²) < 4.78 is 0. The number of aromatic nitrogens is 2. The van der Waals surface area contributed by atoms with E-state index in [2.05, 4.69) is 15.3 Å². The third-order valence-corrected chi connectivity index (χ3v) is 3.97. The Balaban J connectivity index is 1.75. The van der Waals surface area contributed by atoms with Gasteiger partial charge in [0.2, 0.25) is 11.8 Å². The van der Waals surface area contributed by atoms with Gasteiger partial charge in [0.15, 0.2) is 0 Å². The maximum Gasteiger partial charge on any atom is 0.242 e. The molecule has 0 spiro atoms. The number of amides is 2. The average Bonchev–Trinajstić information content (AvgIpc) is 3.18. The molecule has 2 atom stereocenters. The summed E-state index contributed by atoms with van der Waals surface area (Å²) in [4.78, 5) is 32.2. The molecule has 1 aliphatic heterocycles. The first-order valence-corrected chi connectivity index (χ1v) is 7.82. The molecule has 8 nitrogen and oxygen atoms in total. The Kier molecular flexibility index (Phi) is 4.80. The van der Waals surface area contributed by atoms with Crippen molar-refractivity contribution in [3.63, 3.8) is 0 Å². The van der Waals surface area contributed by atoms with Crippen LogP contribution in [0.1, 0.15) is 11.3 Å². The number of primary amides is 1. The van der Waals surface area contributed by atoms with Crippen LogP contribution in [-0.4, -0.2) is 50.5 Å². The maximum absolute atomic E-state index is 12.6. The zero-order valence-corrected chi connectivity index (χ0v) is 13.4. The summed E-state index contributed by atoms with van der Waals surface area (Å²) in [5.74, 6) is -0.586. The van der Waals surface area contributed by atoms with Gasteiger partial charge >= 0.3 is 0 Å². The van der Waals surface area contributed by atoms with Crippen LogP contribution in [0.2, 0.25) is 0 Å². The number of hydrogen-bond donors (Lipinski definition) is 4. The molecule has 8 heteroatoms. The number of nitrogens with one attached hydrogen (secondary N) is 2. The predicted octanol–water partition coefficient (Wildman–Crippen LogP) is -0.0170. The number of phenolic OH excluding ortho intramolecular Hbond substituents is 1. The largest absolute Gasteiger partial charge is 0.508 e. The molecular weight excluding hydrogens is 322 g/mol. The van der Waals surface area contributed by atoms with Gasteiger partial charge in [-0.2, -0.15) is 0 Å². The molecule has 1 aliphatic rings. The van der Waals surface area contributed by atoms with E-state index in [1.54, 1.807) is 48.9 Å². The molecule has 0 aliphatic carbocycles. The number of imidazole rings is 1. The Hall–Kier alpha value is -3.13. The molecule has 130 valence electrons. The van der Waals surface area contributed by atoms with Crippen LogP contribution in [0.25, 0.3) is 6.08 Å². The number of H-pyrrole nitrogens is 1. The molecule has 0 bridgehead atoms. The first-order valence-electron chi connectivity index (χ1n) is 7.82. The highest BCUT2D eigenvalue weighted by molar-refractivity contribution is 5.89. The smallest absolute Gasteiger partial charge is 0.242 e. The fraction of sp³-hybridized carbons (Fsp3) is 0.235. The number of benzene rings is 1. The van der Waals surface area contributed by atoms with Gasteiger partial charge in [-0.1, -0.05) is 12.1 Å². The number of phenols is 1. The Morgan fingerprint density at radius 1 is 1.36 bits per heavy atom. The highest BCUT2D eigenvalue weighted by Crippen LogP contribution is 2.18. The molecular formula is C17H19N5O3. The third-order valence-electron chi connectivity index (χ3n) is 3.97. The molecule has 1 saturated heterocycles. The number of carbonyl (C=O) groups excluding carboxylic acids is 2. The van der Waals surface area contributed by atoms with Gasteiger partial charge in [0.05, 0.1) is 24.3 Å². The lowest BCUT2D eigenvalue weighted by Crippen LogP contribution is -2.41. The van der Waals surface area contributed by atoms with Crippen molar-refractivity contribution in [2.75, 3.05) is 6.54 Å². The molecule has 1 aromatic carbocycles. The summed E-state index contributed by atoms with van der Waals surface area (Å²) >= 11 is 0. The molecule has 0 saturated carbocycles. The quantitative estimate of drug-likeness (QED) is 0.588. The Labute approximate surface area is 144 Å². The molecule has 1 aromatic heterocycles. The molecule has 25 heavy (non-hydrogen) atoms. The van der Waals surface area contributed by atoms with Crippen LogP contribution in [0, 0.1) is 0 Å². The van der Waals surface area contributed by atoms with Gasteiger partial charge in [-0.3, -0.25) is 14.9 Å². The Bertz CT molecular complexity index is 770. The summed E-state index contributed by atoms with van der Waals surface area (Å²) in [5, 5.41) is 12.6. The number of aromatic hydroxyl groups is 1. The van der Waals surface area contributed by atoms with Crippen molar-refractivity contribution in [3.8, 4) is 5.75 Å². The van der Waals surface area contributed by atoms with Crippen LogP contribution in [0.3, 0.4) is 0 Å². The van der Waals surface area contributed by atoms with Gasteiger partial charge < -0.3 is 20.7 Å². The lowest BCUT2D eigenvalue weighted by molar-refractivity contribution is -0.133. The normalized spacial score (nSPS) is 20.5. The van der Waals surface area contributed by atoms with E-state index in [4.69, 9.17) is 5.73 Å². The van der Waals surface area contributed by atoms with E-state index in [1.807, 2.05) is 0 Å². The average molecular weight is 341 g/mol. The second-order valence-electron chi connectivity index (χ2n) is 5.83. The highest BCUT2D eigenvalue weighted by Gasteiger charge is 2.38. The van der Waals surface area contributed by atoms with E-state index in [-0.39, 0.29) is 18.2 Å². The summed E-state index contributed by atoms with van der Waals surface area (Å²) in [7, 11) is 0. The molecule has 2 aromatic rings. The van der Waals surface area contributed by atoms with Crippen molar-refractivity contribution >= 4 is 17.9 Å². The Morgan fingerprint density at radius 3 is 2.76 bits per heavy atom. The minimum absolute atomic E-state index is 0.157. The molecule has 2 unspecified atom stereocenters. The number of aromatic amines is 1. The summed E-state index contributed by atoms with van der Waals surface area (Å²) in [6, 6.07) is 6.20. The SMILES string of the molecule is NC(=O)CN1C(=O)C(Cc2ccc(O)cc2)NC1/C=C/c1cnc[nH]1. The number of nitrogens with zero attached hydrogens (tertiary/aromatic N) is 2. The minimum Gasteiger partial charge on any atom is -0.508 e. The maximum atomic E-state index is 12.6. The predicted molar refractivity (Wildman–Crippen MR) is 91.1 cm³/mol. The second-order valence-corrected chi connectivity index (χ2v) is 5.83. The molecule has 0 radical (unpaired) electrons. The van der Waals surface area contributed by atoms with Crippen LogP contribution < -0.4 is 11.1 Å². The van der Waals surface area contributed by atoms with E-state index in [0.717, 1.165) is 11.3 Å². The van der Waals surface area contributed by atoms with Gasteiger partial charge in [-0.15, -0.1) is 0 Å². The zero-order chi connectivity index (χ0) is 17.8. The lowest BCUT2D eigenvalue weighted by Gasteiger charge is -2.19. The van der Waals surface area contributed by atoms with E-state index in [9.17, 15) is 14.7 Å². The van der Waals surface area contributed by atoms with E-state index < -0.39 is 18.1 Å². The van der Waals surface area contributed by atoms with E-state index >= 15 is 0 Å². The lowest BCUT2D eigenvalue weighted by atomic mass is 10.1. The third kappa shape index (κ3) is 4.04. The van der Waals surface area contributed by atoms with E-state index in [1.165, 1.54) is 4.90 Å². The fourth-order valence-corrected chi connectivity index (χ4v) is 2.77. The number of carbonyl (C=O) groups is 2. The number of rotatable bonds is 6. The van der Waals surface area contributed by atoms with Crippen molar-refractivity contribution in [2.24, 2.45) is 5.73 Å². The minimum atomic E-state index is -0.569. The Morgan fingerprint density at radius 2 is 2.12 bits per heavy atom. The van der Waals surface area contributed by atoms with Crippen LogP contribution in [0.5, 0.6) is 5.75 Å². The highest BCUT2D eigenvalue weighted by atomic mass is 16.3. The fourth-order valence-electron chi connectivity index (χ4n) is 2.77. The van der Waals surface area contributed by atoms with Crippen LogP contribution >= 0.6 is 0 Å². The first kappa shape index (κ1) is 16.7. The molecule has 1 fully saturated rings. The number of hydrogen-bond acceptors (Lipinski definition) is 5. The van der Waals surface area contributed by atoms with Gasteiger partial charge in [0, 0.05) is 0 Å². The van der Waals surface area contributed by atoms with Crippen molar-refractivity contribution in [1.82, 2.24) is 20.2 Å². The molecule has 2 heterocycles. The van der Waals surface area contributed by atoms with E-state index in [0.29, 0.717) is 6.42 Å². The van der Waals surface area contributed by atoms with Crippen molar-refractivity contribution in [2.45, 2.75) is 18.6 Å². The second kappa shape index (κ2) is 7.18. The molecule has 5 N–H and O–H groups in total. The van der Waals surface area contributed by atoms with Crippen molar-refractivity contribution in [1.29, 1.82) is 0 Å². The topological polar surface area (TPSA) is 124 Å². The van der Waals surface area contributed by atoms with Gasteiger partial charge in [0.1, 0.15) is 18.5 Å². The van der Waals surface area contributed by atoms with Crippen molar-refractivity contribution in [3.05, 3.63) is 54.1 Å². The molecule has 3 rings (SSSR count). The first-order chi connectivity index (χ1) is 12.0. The summed E-state index contributed by atoms with van der Waals surface area (Å²) in [6.45, 7) is -0.157. The van der Waals surface area contributed by atoms with Crippen LogP contribution in [0.4, 0.5) is 0 Å². The van der Waals surface area contributed by atoms with Gasteiger partial charge in [0.25, 0.3) is 0 Å². The summed E-state index contributed by atoms with van der Waals surface area (Å²) in [5.41, 5.74) is 6.96. The van der Waals surface area contributed by atoms with Crippen LogP contribution in [0.15, 0.2) is 42.9 Å². The zero-order valence-electron chi connectivity index (χ0n) is 13.4. The van der Waals surface area contributed by atoms with Gasteiger partial charge in [-0.05, 0) is 36.3 Å².